The Hall–Kier alpha value is -0.120. The molecule has 0 fully saturated rings. The van der Waals surface area contributed by atoms with Gasteiger partial charge in [-0.25, -0.2) is 0 Å². The van der Waals surface area contributed by atoms with Crippen LogP contribution in [0.2, 0.25) is 0 Å². The van der Waals surface area contributed by atoms with Crippen LogP contribution in [0.4, 0.5) is 7.77 Å². The maximum Gasteiger partial charge on any atom is 0.390 e. The van der Waals surface area contributed by atoms with Crippen molar-refractivity contribution in [1.29, 1.82) is 0 Å². The van der Waals surface area contributed by atoms with E-state index in [-0.39, 0.29) is 4.13 Å². The Balaban J connectivity index is 4.26. The molecule has 0 saturated carbocycles. The summed E-state index contributed by atoms with van der Waals surface area (Å²) in [5, 5.41) is 0. The standard InChI is InChI=1S/F2H3NO4S2/c1-8(4,5)3-9(2,6)7/h8H,(H2,3,4,5). The van der Waals surface area contributed by atoms with Gasteiger partial charge in [0.25, 0.3) is 0 Å². The molecule has 9 heavy (non-hydrogen) atoms. The summed E-state index contributed by atoms with van der Waals surface area (Å²) >= 11 is 0. The van der Waals surface area contributed by atoms with E-state index >= 15 is 0 Å². The van der Waals surface area contributed by atoms with Crippen molar-refractivity contribution in [2.24, 2.45) is 0 Å². The number of thiol groups is 1. The van der Waals surface area contributed by atoms with Crippen LogP contribution in [-0.4, -0.2) is 17.2 Å². The van der Waals surface area contributed by atoms with E-state index in [1.807, 2.05) is 0 Å². The average molecular weight is 183 g/mol. The Bertz CT molecular complexity index is 223. The molecule has 0 bridgehead atoms. The third-order valence-electron chi connectivity index (χ3n) is 0.222. The summed E-state index contributed by atoms with van der Waals surface area (Å²) in [5.41, 5.74) is 0. The molecule has 0 aliphatic heterocycles. The highest BCUT2D eigenvalue weighted by molar-refractivity contribution is 8.03. The van der Waals surface area contributed by atoms with E-state index in [4.69, 9.17) is 4.55 Å². The smallest absolute Gasteiger partial charge is 0.268 e. The van der Waals surface area contributed by atoms with E-state index in [9.17, 15) is 20.4 Å². The lowest BCUT2D eigenvalue weighted by Crippen LogP contribution is -2.28. The van der Waals surface area contributed by atoms with Crippen LogP contribution >= 0.6 is 0 Å². The van der Waals surface area contributed by atoms with Crippen LogP contribution in [0.1, 0.15) is 0 Å². The van der Waals surface area contributed by atoms with Gasteiger partial charge >= 0.3 is 10.4 Å². The molecule has 0 amide bonds. The van der Waals surface area contributed by atoms with Crippen LogP contribution in [0.3, 0.4) is 0 Å². The Labute approximate surface area is 51.1 Å². The van der Waals surface area contributed by atoms with Gasteiger partial charge < -0.3 is 0 Å². The summed E-state index contributed by atoms with van der Waals surface area (Å²) in [6.45, 7) is 0. The van der Waals surface area contributed by atoms with E-state index < -0.39 is 21.2 Å². The Morgan fingerprint density at radius 1 is 1.56 bits per heavy atom. The second-order valence-corrected chi connectivity index (χ2v) is 3.64. The largest absolute Gasteiger partial charge is 0.390 e. The minimum absolute atomic E-state index is 0.208. The van der Waals surface area contributed by atoms with Crippen molar-refractivity contribution in [3.05, 3.63) is 0 Å². The van der Waals surface area contributed by atoms with Crippen LogP contribution in [-0.2, 0) is 21.2 Å². The molecule has 0 rings (SSSR count). The van der Waals surface area contributed by atoms with Crippen molar-refractivity contribution in [1.82, 2.24) is 4.13 Å². The van der Waals surface area contributed by atoms with E-state index in [1.165, 1.54) is 0 Å². The molecular weight excluding hydrogens is 180 g/mol. The molecule has 9 heteroatoms. The van der Waals surface area contributed by atoms with Gasteiger partial charge in [0.15, 0.2) is 0 Å². The zero-order chi connectivity index (χ0) is 7.71. The molecule has 0 aliphatic rings. The summed E-state index contributed by atoms with van der Waals surface area (Å²) < 4.78 is 58.1. The van der Waals surface area contributed by atoms with Gasteiger partial charge in [0, 0.05) is 0 Å². The topological polar surface area (TPSA) is 83.5 Å². The second-order valence-electron chi connectivity index (χ2n) is 1.03. The van der Waals surface area contributed by atoms with Crippen molar-refractivity contribution >= 4 is 21.2 Å². The van der Waals surface area contributed by atoms with Crippen molar-refractivity contribution in [2.45, 2.75) is 0 Å². The zero-order valence-electron chi connectivity index (χ0n) is 3.78. The predicted molar refractivity (Wildman–Crippen MR) is 26.4 cm³/mol. The fourth-order valence-electron chi connectivity index (χ4n) is 0.134. The fraction of sp³-hybridized carbons (Fsp3) is 0. The van der Waals surface area contributed by atoms with Crippen LogP contribution in [0.5, 0.6) is 0 Å². The third-order valence-corrected chi connectivity index (χ3v) is 1.99. The highest BCUT2D eigenvalue weighted by Gasteiger charge is 2.12. The second kappa shape index (κ2) is 2.25. The van der Waals surface area contributed by atoms with E-state index in [0.29, 0.717) is 0 Å². The first-order chi connectivity index (χ1) is 3.71. The van der Waals surface area contributed by atoms with Gasteiger partial charge in [0.05, 0.1) is 0 Å². The maximum absolute atomic E-state index is 11.3. The van der Waals surface area contributed by atoms with Crippen LogP contribution in [0.15, 0.2) is 0 Å². The van der Waals surface area contributed by atoms with Gasteiger partial charge in [-0.2, -0.15) is 12.6 Å². The molecule has 0 aromatic rings. The first-order valence-corrected chi connectivity index (χ1v) is 4.40. The summed E-state index contributed by atoms with van der Waals surface area (Å²) in [6, 6.07) is 0. The molecule has 0 aromatic heterocycles. The number of halogens is 2. The number of rotatable bonds is 2. The molecule has 5 nitrogen and oxygen atoms in total. The molecule has 0 aromatic carbocycles. The minimum atomic E-state index is -5.50. The molecule has 0 radical (unpaired) electrons. The molecule has 0 atom stereocenters. The van der Waals surface area contributed by atoms with Gasteiger partial charge in [-0.1, -0.05) is 11.9 Å². The predicted octanol–water partition coefficient (Wildman–Crippen LogP) is -0.921. The van der Waals surface area contributed by atoms with Gasteiger partial charge in [-0.3, -0.25) is 4.55 Å². The first kappa shape index (κ1) is 8.88. The molecule has 0 spiro atoms. The highest BCUT2D eigenvalue weighted by Crippen LogP contribution is 1.97. The normalized spacial score (nSPS) is 15.4. The lowest BCUT2D eigenvalue weighted by molar-refractivity contribution is 0.476. The monoisotopic (exact) mass is 183 g/mol. The molecule has 2 N–H and O–H groups in total. The average Bonchev–Trinajstić information content (AvgIpc) is 1.14. The fourth-order valence-corrected chi connectivity index (χ4v) is 1.21. The lowest BCUT2D eigenvalue weighted by Gasteiger charge is -2.08. The molecule has 58 valence electrons. The van der Waals surface area contributed by atoms with Crippen molar-refractivity contribution in [3.63, 3.8) is 0 Å². The van der Waals surface area contributed by atoms with Crippen molar-refractivity contribution in [3.8, 4) is 0 Å². The Morgan fingerprint density at radius 2 is 1.89 bits per heavy atom. The quantitative estimate of drug-likeness (QED) is 0.382. The molecular formula is H3F2NO4S2. The molecule has 0 unspecified atom stereocenters. The first-order valence-electron chi connectivity index (χ1n) is 1.47. The summed E-state index contributed by atoms with van der Waals surface area (Å²) in [4.78, 5) is 0. The Morgan fingerprint density at radius 3 is 1.89 bits per heavy atom. The number of hydrogen-bond acceptors (Lipinski definition) is 3. The van der Waals surface area contributed by atoms with Crippen LogP contribution in [0, 0.1) is 0 Å². The summed E-state index contributed by atoms with van der Waals surface area (Å²) in [6.07, 6.45) is 0. The third kappa shape index (κ3) is 7.88. The van der Waals surface area contributed by atoms with Crippen molar-refractivity contribution in [2.75, 3.05) is 0 Å². The number of nitrogens with one attached hydrogen (secondary N) is 1. The maximum atomic E-state index is 11.3. The molecule has 0 saturated heterocycles. The van der Waals surface area contributed by atoms with E-state index in [0.717, 1.165) is 0 Å². The minimum Gasteiger partial charge on any atom is -0.268 e. The zero-order valence-corrected chi connectivity index (χ0v) is 5.49. The highest BCUT2D eigenvalue weighted by atomic mass is 32.3. The van der Waals surface area contributed by atoms with Crippen LogP contribution < -0.4 is 4.13 Å². The Kier molecular flexibility index (Phi) is 2.22. The van der Waals surface area contributed by atoms with Crippen molar-refractivity contribution < 1.29 is 25.0 Å². The summed E-state index contributed by atoms with van der Waals surface area (Å²) in [5.74, 6) is 0. The van der Waals surface area contributed by atoms with Crippen LogP contribution in [0.25, 0.3) is 0 Å². The van der Waals surface area contributed by atoms with E-state index in [2.05, 4.69) is 0 Å². The number of hydrogen-bond donors (Lipinski definition) is 3. The van der Waals surface area contributed by atoms with Gasteiger partial charge in [0.2, 0.25) is 0 Å². The van der Waals surface area contributed by atoms with Gasteiger partial charge in [-0.15, -0.1) is 0 Å². The van der Waals surface area contributed by atoms with Gasteiger partial charge in [-0.05, 0) is 10.8 Å². The van der Waals surface area contributed by atoms with Gasteiger partial charge in [0.1, 0.15) is 0 Å². The molecule has 0 heterocycles. The summed E-state index contributed by atoms with van der Waals surface area (Å²) in [7, 11) is -10.9. The SMILES string of the molecule is O=S(=O)(F)N[SH](=O)(O)F. The molecule has 0 aliphatic carbocycles. The van der Waals surface area contributed by atoms with E-state index in [1.54, 1.807) is 0 Å². The lowest BCUT2D eigenvalue weighted by atomic mass is 13.9.